The summed E-state index contributed by atoms with van der Waals surface area (Å²) in [6, 6.07) is 21.9. The Morgan fingerprint density at radius 2 is 1.58 bits per heavy atom. The van der Waals surface area contributed by atoms with Crippen LogP contribution in [0.1, 0.15) is 34.6 Å². The summed E-state index contributed by atoms with van der Waals surface area (Å²) in [6.45, 7) is 5.21. The lowest BCUT2D eigenvalue weighted by Crippen LogP contribution is -2.30. The number of carbonyl (C=O) groups excluding carboxylic acids is 2. The molecule has 0 spiro atoms. The second-order valence-electron chi connectivity index (χ2n) is 7.12. The third kappa shape index (κ3) is 4.19. The minimum absolute atomic E-state index is 0.0192. The smallest absolute Gasteiger partial charge is 0.255 e. The van der Waals surface area contributed by atoms with Crippen molar-refractivity contribution in [1.29, 1.82) is 0 Å². The summed E-state index contributed by atoms with van der Waals surface area (Å²) in [7, 11) is 0. The maximum absolute atomic E-state index is 12.8. The number of anilines is 1. The van der Waals surface area contributed by atoms with Gasteiger partial charge in [-0.15, -0.1) is 0 Å². The van der Waals surface area contributed by atoms with Gasteiger partial charge in [0.15, 0.2) is 5.76 Å². The Morgan fingerprint density at radius 1 is 0.903 bits per heavy atom. The second-order valence-corrected chi connectivity index (χ2v) is 7.12. The second kappa shape index (κ2) is 8.83. The Balaban J connectivity index is 1.54. The number of aromatic nitrogens is 1. The van der Waals surface area contributed by atoms with Gasteiger partial charge in [-0.25, -0.2) is 0 Å². The van der Waals surface area contributed by atoms with Gasteiger partial charge < -0.3 is 14.7 Å². The molecule has 6 nitrogen and oxygen atoms in total. The molecule has 0 aliphatic heterocycles. The fourth-order valence-corrected chi connectivity index (χ4v) is 3.47. The van der Waals surface area contributed by atoms with Crippen molar-refractivity contribution in [3.8, 4) is 11.3 Å². The number of benzene rings is 3. The summed E-state index contributed by atoms with van der Waals surface area (Å²) < 4.78 is 5.51. The fraction of sp³-hybridized carbons (Fsp3) is 0.160. The molecule has 0 radical (unpaired) electrons. The summed E-state index contributed by atoms with van der Waals surface area (Å²) in [5, 5.41) is 7.75. The van der Waals surface area contributed by atoms with Gasteiger partial charge in [-0.3, -0.25) is 9.59 Å². The van der Waals surface area contributed by atoms with Gasteiger partial charge in [0, 0.05) is 35.5 Å². The Morgan fingerprint density at radius 3 is 2.26 bits per heavy atom. The van der Waals surface area contributed by atoms with Crippen LogP contribution in [0, 0.1) is 0 Å². The van der Waals surface area contributed by atoms with E-state index in [1.807, 2.05) is 44.2 Å². The maximum Gasteiger partial charge on any atom is 0.255 e. The van der Waals surface area contributed by atoms with Crippen LogP contribution in [0.25, 0.3) is 22.2 Å². The predicted octanol–water partition coefficient (Wildman–Crippen LogP) is 5.23. The van der Waals surface area contributed by atoms with Gasteiger partial charge in [0.05, 0.1) is 5.39 Å². The topological polar surface area (TPSA) is 75.4 Å². The predicted molar refractivity (Wildman–Crippen MR) is 121 cm³/mol. The van der Waals surface area contributed by atoms with Crippen LogP contribution in [0.3, 0.4) is 0 Å². The highest BCUT2D eigenvalue weighted by molar-refractivity contribution is 6.07. The zero-order valence-electron chi connectivity index (χ0n) is 17.5. The van der Waals surface area contributed by atoms with Crippen molar-refractivity contribution in [1.82, 2.24) is 10.1 Å². The fourth-order valence-electron chi connectivity index (χ4n) is 3.47. The Kier molecular flexibility index (Phi) is 5.80. The number of fused-ring (bicyclic) bond motifs is 1. The molecule has 4 aromatic rings. The van der Waals surface area contributed by atoms with Gasteiger partial charge in [-0.1, -0.05) is 35.5 Å². The van der Waals surface area contributed by atoms with Gasteiger partial charge in [0.1, 0.15) is 5.52 Å². The van der Waals surface area contributed by atoms with E-state index in [1.165, 1.54) is 0 Å². The quantitative estimate of drug-likeness (QED) is 0.470. The van der Waals surface area contributed by atoms with Crippen LogP contribution in [-0.4, -0.2) is 35.0 Å². The third-order valence-electron chi connectivity index (χ3n) is 5.21. The van der Waals surface area contributed by atoms with E-state index in [9.17, 15) is 9.59 Å². The van der Waals surface area contributed by atoms with Crippen LogP contribution in [0.4, 0.5) is 5.69 Å². The average Bonchev–Trinajstić information content (AvgIpc) is 3.24. The molecule has 2 amide bonds. The average molecular weight is 413 g/mol. The Hall–Kier alpha value is -3.93. The summed E-state index contributed by atoms with van der Waals surface area (Å²) in [5.41, 5.74) is 3.30. The molecule has 0 saturated carbocycles. The van der Waals surface area contributed by atoms with Crippen LogP contribution in [0.2, 0.25) is 0 Å². The standard InChI is InChI=1S/C25H23N3O3/c1-3-28(4-2)25(30)18-10-13-20(14-11-18)26-24(29)19-12-15-22-21(16-19)23(31-27-22)17-8-6-5-7-9-17/h5-16H,3-4H2,1-2H3,(H,26,29). The van der Waals surface area contributed by atoms with E-state index in [0.29, 0.717) is 41.2 Å². The molecule has 0 aliphatic carbocycles. The summed E-state index contributed by atoms with van der Waals surface area (Å²) >= 11 is 0. The number of hydrogen-bond donors (Lipinski definition) is 1. The molecule has 0 aliphatic rings. The number of amides is 2. The summed E-state index contributed by atoms with van der Waals surface area (Å²) in [6.07, 6.45) is 0. The number of hydrogen-bond acceptors (Lipinski definition) is 4. The lowest BCUT2D eigenvalue weighted by molar-refractivity contribution is 0.0773. The van der Waals surface area contributed by atoms with Crippen molar-refractivity contribution in [3.05, 3.63) is 83.9 Å². The normalized spacial score (nSPS) is 10.8. The van der Waals surface area contributed by atoms with Gasteiger partial charge >= 0.3 is 0 Å². The molecule has 0 fully saturated rings. The zero-order chi connectivity index (χ0) is 21.8. The van der Waals surface area contributed by atoms with E-state index < -0.39 is 0 Å². The Bertz CT molecular complexity index is 1210. The SMILES string of the molecule is CCN(CC)C(=O)c1ccc(NC(=O)c2ccc3noc(-c4ccccc4)c3c2)cc1. The van der Waals surface area contributed by atoms with Gasteiger partial charge in [0.25, 0.3) is 11.8 Å². The first kappa shape index (κ1) is 20.3. The van der Waals surface area contributed by atoms with E-state index >= 15 is 0 Å². The first-order valence-electron chi connectivity index (χ1n) is 10.3. The molecule has 6 heteroatoms. The van der Waals surface area contributed by atoms with Crippen molar-refractivity contribution in [2.45, 2.75) is 13.8 Å². The minimum Gasteiger partial charge on any atom is -0.355 e. The molecule has 1 N–H and O–H groups in total. The molecule has 0 atom stereocenters. The third-order valence-corrected chi connectivity index (χ3v) is 5.21. The molecule has 0 unspecified atom stereocenters. The lowest BCUT2D eigenvalue weighted by Gasteiger charge is -2.18. The van der Waals surface area contributed by atoms with Crippen LogP contribution in [0.5, 0.6) is 0 Å². The van der Waals surface area contributed by atoms with E-state index in [4.69, 9.17) is 4.52 Å². The molecule has 1 aromatic heterocycles. The van der Waals surface area contributed by atoms with Crippen LogP contribution in [0.15, 0.2) is 77.3 Å². The van der Waals surface area contributed by atoms with Gasteiger partial charge in [-0.05, 0) is 56.3 Å². The number of carbonyl (C=O) groups is 2. The monoisotopic (exact) mass is 413 g/mol. The van der Waals surface area contributed by atoms with E-state index in [2.05, 4.69) is 10.5 Å². The highest BCUT2D eigenvalue weighted by atomic mass is 16.5. The molecule has 1 heterocycles. The molecule has 3 aromatic carbocycles. The molecule has 31 heavy (non-hydrogen) atoms. The summed E-state index contributed by atoms with van der Waals surface area (Å²) in [4.78, 5) is 27.0. The van der Waals surface area contributed by atoms with Crippen molar-refractivity contribution in [2.24, 2.45) is 0 Å². The van der Waals surface area contributed by atoms with Crippen LogP contribution >= 0.6 is 0 Å². The molecular weight excluding hydrogens is 390 g/mol. The van der Waals surface area contributed by atoms with Crippen molar-refractivity contribution in [2.75, 3.05) is 18.4 Å². The molecule has 0 saturated heterocycles. The number of rotatable bonds is 6. The maximum atomic E-state index is 12.8. The molecule has 0 bridgehead atoms. The largest absolute Gasteiger partial charge is 0.355 e. The van der Waals surface area contributed by atoms with E-state index in [1.54, 1.807) is 47.4 Å². The van der Waals surface area contributed by atoms with E-state index in [-0.39, 0.29) is 11.8 Å². The minimum atomic E-state index is -0.245. The molecule has 156 valence electrons. The first-order valence-corrected chi connectivity index (χ1v) is 10.3. The van der Waals surface area contributed by atoms with E-state index in [0.717, 1.165) is 10.9 Å². The zero-order valence-corrected chi connectivity index (χ0v) is 17.5. The molecule has 4 rings (SSSR count). The Labute approximate surface area is 180 Å². The highest BCUT2D eigenvalue weighted by Crippen LogP contribution is 2.29. The number of nitrogens with zero attached hydrogens (tertiary/aromatic N) is 2. The van der Waals surface area contributed by atoms with Gasteiger partial charge in [0.2, 0.25) is 0 Å². The van der Waals surface area contributed by atoms with Crippen LogP contribution < -0.4 is 5.32 Å². The van der Waals surface area contributed by atoms with Crippen molar-refractivity contribution >= 4 is 28.4 Å². The first-order chi connectivity index (χ1) is 15.1. The van der Waals surface area contributed by atoms with Crippen molar-refractivity contribution in [3.63, 3.8) is 0 Å². The molecular formula is C25H23N3O3. The van der Waals surface area contributed by atoms with Gasteiger partial charge in [-0.2, -0.15) is 0 Å². The summed E-state index contributed by atoms with van der Waals surface area (Å²) in [5.74, 6) is 0.365. The van der Waals surface area contributed by atoms with Crippen LogP contribution in [-0.2, 0) is 0 Å². The van der Waals surface area contributed by atoms with Crippen molar-refractivity contribution < 1.29 is 14.1 Å². The number of nitrogens with one attached hydrogen (secondary N) is 1. The lowest BCUT2D eigenvalue weighted by atomic mass is 10.1. The highest BCUT2D eigenvalue weighted by Gasteiger charge is 2.15.